The molecule has 0 saturated carbocycles. The highest BCUT2D eigenvalue weighted by atomic mass is 16.5. The van der Waals surface area contributed by atoms with E-state index in [4.69, 9.17) is 4.74 Å². The lowest BCUT2D eigenvalue weighted by atomic mass is 9.87. The van der Waals surface area contributed by atoms with Crippen LogP contribution in [0.2, 0.25) is 0 Å². The number of hydrogen-bond acceptors (Lipinski definition) is 2. The summed E-state index contributed by atoms with van der Waals surface area (Å²) in [5.41, 5.74) is 5.96. The fourth-order valence-corrected chi connectivity index (χ4v) is 2.90. The highest BCUT2D eigenvalue weighted by Gasteiger charge is 2.23. The quantitative estimate of drug-likeness (QED) is 0.789. The molecular weight excluding hydrogens is 260 g/mol. The Bertz CT molecular complexity index is 606. The number of esters is 1. The largest absolute Gasteiger partial charge is 0.469 e. The van der Waals surface area contributed by atoms with Gasteiger partial charge in [0.15, 0.2) is 0 Å². The Labute approximate surface area is 126 Å². The van der Waals surface area contributed by atoms with Gasteiger partial charge in [-0.2, -0.15) is 0 Å². The van der Waals surface area contributed by atoms with Gasteiger partial charge in [0, 0.05) is 0 Å². The van der Waals surface area contributed by atoms with Crippen LogP contribution in [-0.2, 0) is 16.0 Å². The lowest BCUT2D eigenvalue weighted by Crippen LogP contribution is -2.18. The Kier molecular flexibility index (Phi) is 4.79. The maximum atomic E-state index is 12.2. The van der Waals surface area contributed by atoms with E-state index < -0.39 is 0 Å². The molecule has 0 amide bonds. The summed E-state index contributed by atoms with van der Waals surface area (Å²) in [6.45, 7) is 6.31. The summed E-state index contributed by atoms with van der Waals surface area (Å²) in [5, 5.41) is 0. The lowest BCUT2D eigenvalue weighted by molar-refractivity contribution is -0.142. The first kappa shape index (κ1) is 15.3. The van der Waals surface area contributed by atoms with Crippen molar-refractivity contribution < 1.29 is 9.53 Å². The second kappa shape index (κ2) is 6.57. The molecule has 0 aromatic heterocycles. The van der Waals surface area contributed by atoms with E-state index in [1.165, 1.54) is 29.4 Å². The monoisotopic (exact) mass is 282 g/mol. The minimum Gasteiger partial charge on any atom is -0.469 e. The number of carbonyl (C=O) groups excluding carboxylic acids is 1. The van der Waals surface area contributed by atoms with E-state index in [-0.39, 0.29) is 11.9 Å². The molecule has 1 unspecified atom stereocenters. The van der Waals surface area contributed by atoms with Crippen molar-refractivity contribution in [3.63, 3.8) is 0 Å². The summed E-state index contributed by atoms with van der Waals surface area (Å²) >= 11 is 0. The number of methoxy groups -OCH3 is 1. The lowest BCUT2D eigenvalue weighted by Gasteiger charge is -2.18. The maximum Gasteiger partial charge on any atom is 0.313 e. The smallest absolute Gasteiger partial charge is 0.313 e. The van der Waals surface area contributed by atoms with Crippen LogP contribution < -0.4 is 0 Å². The Morgan fingerprint density at radius 1 is 1.05 bits per heavy atom. The van der Waals surface area contributed by atoms with Gasteiger partial charge in [-0.15, -0.1) is 0 Å². The third-order valence-corrected chi connectivity index (χ3v) is 3.94. The van der Waals surface area contributed by atoms with Gasteiger partial charge < -0.3 is 4.74 Å². The molecule has 0 fully saturated rings. The van der Waals surface area contributed by atoms with E-state index >= 15 is 0 Å². The molecule has 2 rings (SSSR count). The van der Waals surface area contributed by atoms with Crippen molar-refractivity contribution in [2.45, 2.75) is 33.1 Å². The van der Waals surface area contributed by atoms with Gasteiger partial charge in [0.25, 0.3) is 0 Å². The van der Waals surface area contributed by atoms with Crippen molar-refractivity contribution in [3.8, 4) is 0 Å². The minimum atomic E-state index is -0.253. The molecule has 0 radical (unpaired) electrons. The molecule has 0 heterocycles. The van der Waals surface area contributed by atoms with Gasteiger partial charge in [0.05, 0.1) is 13.0 Å². The van der Waals surface area contributed by atoms with Crippen LogP contribution in [0.15, 0.2) is 42.5 Å². The number of benzene rings is 2. The number of aryl methyl sites for hydroxylation is 3. The maximum absolute atomic E-state index is 12.2. The minimum absolute atomic E-state index is 0.180. The average Bonchev–Trinajstić information content (AvgIpc) is 2.46. The van der Waals surface area contributed by atoms with Crippen molar-refractivity contribution in [2.75, 3.05) is 7.11 Å². The van der Waals surface area contributed by atoms with Crippen LogP contribution in [-0.4, -0.2) is 13.1 Å². The van der Waals surface area contributed by atoms with Crippen molar-refractivity contribution in [3.05, 3.63) is 70.3 Å². The van der Waals surface area contributed by atoms with Gasteiger partial charge in [-0.25, -0.2) is 0 Å². The zero-order chi connectivity index (χ0) is 15.4. The van der Waals surface area contributed by atoms with Crippen LogP contribution in [0.25, 0.3) is 0 Å². The molecule has 2 aromatic rings. The van der Waals surface area contributed by atoms with Crippen molar-refractivity contribution in [2.24, 2.45) is 0 Å². The predicted octanol–water partition coefficient (Wildman–Crippen LogP) is 4.11. The summed E-state index contributed by atoms with van der Waals surface area (Å²) in [7, 11) is 1.45. The Hall–Kier alpha value is -2.09. The fraction of sp³-hybridized carbons (Fsp3) is 0.316. The van der Waals surface area contributed by atoms with E-state index in [2.05, 4.69) is 32.9 Å². The van der Waals surface area contributed by atoms with Crippen molar-refractivity contribution in [1.29, 1.82) is 0 Å². The third kappa shape index (κ3) is 3.52. The van der Waals surface area contributed by atoms with Gasteiger partial charge in [0.1, 0.15) is 0 Å². The predicted molar refractivity (Wildman–Crippen MR) is 85.6 cm³/mol. The number of hydrogen-bond donors (Lipinski definition) is 0. The Balaban J connectivity index is 2.39. The summed E-state index contributed by atoms with van der Waals surface area (Å²) in [6, 6.07) is 14.2. The second-order valence-electron chi connectivity index (χ2n) is 5.57. The first-order valence-corrected chi connectivity index (χ1v) is 7.22. The van der Waals surface area contributed by atoms with Gasteiger partial charge >= 0.3 is 5.97 Å². The fourth-order valence-electron chi connectivity index (χ4n) is 2.90. The summed E-state index contributed by atoms with van der Waals surface area (Å²) < 4.78 is 5.00. The van der Waals surface area contributed by atoms with E-state index in [1.807, 2.05) is 30.3 Å². The number of carbonyl (C=O) groups is 1. The van der Waals surface area contributed by atoms with Crippen LogP contribution in [0.4, 0.5) is 0 Å². The van der Waals surface area contributed by atoms with Crippen molar-refractivity contribution >= 4 is 5.97 Å². The average molecular weight is 282 g/mol. The van der Waals surface area contributed by atoms with Crippen molar-refractivity contribution in [1.82, 2.24) is 0 Å². The Morgan fingerprint density at radius 3 is 2.14 bits per heavy atom. The molecule has 0 bridgehead atoms. The highest BCUT2D eigenvalue weighted by Crippen LogP contribution is 2.26. The Morgan fingerprint density at radius 2 is 1.62 bits per heavy atom. The topological polar surface area (TPSA) is 26.3 Å². The molecule has 0 aliphatic heterocycles. The molecule has 0 N–H and O–H groups in total. The zero-order valence-electron chi connectivity index (χ0n) is 13.1. The van der Waals surface area contributed by atoms with Crippen LogP contribution >= 0.6 is 0 Å². The number of ether oxygens (including phenoxy) is 1. The molecule has 2 heteroatoms. The SMILES string of the molecule is COC(=O)C(Cc1c(C)cc(C)cc1C)c1ccccc1. The molecule has 0 saturated heterocycles. The molecule has 0 spiro atoms. The normalized spacial score (nSPS) is 12.0. The molecule has 2 aromatic carbocycles. The van der Waals surface area contributed by atoms with Crippen LogP contribution in [0.3, 0.4) is 0 Å². The van der Waals surface area contributed by atoms with E-state index in [9.17, 15) is 4.79 Å². The number of rotatable bonds is 4. The highest BCUT2D eigenvalue weighted by molar-refractivity contribution is 5.78. The first-order chi connectivity index (χ1) is 10.0. The third-order valence-electron chi connectivity index (χ3n) is 3.94. The van der Waals surface area contributed by atoms with Gasteiger partial charge in [-0.3, -0.25) is 4.79 Å². The van der Waals surface area contributed by atoms with E-state index in [1.54, 1.807) is 0 Å². The molecular formula is C19H22O2. The summed E-state index contributed by atoms with van der Waals surface area (Å²) in [5.74, 6) is -0.433. The summed E-state index contributed by atoms with van der Waals surface area (Å²) in [6.07, 6.45) is 0.675. The molecule has 2 nitrogen and oxygen atoms in total. The van der Waals surface area contributed by atoms with Crippen LogP contribution in [0, 0.1) is 20.8 Å². The first-order valence-electron chi connectivity index (χ1n) is 7.22. The molecule has 0 aliphatic rings. The van der Waals surface area contributed by atoms with Crippen LogP contribution in [0.1, 0.15) is 33.7 Å². The second-order valence-corrected chi connectivity index (χ2v) is 5.57. The van der Waals surface area contributed by atoms with E-state index in [0.29, 0.717) is 6.42 Å². The molecule has 0 aliphatic carbocycles. The molecule has 110 valence electrons. The van der Waals surface area contributed by atoms with E-state index in [0.717, 1.165) is 5.56 Å². The van der Waals surface area contributed by atoms with Crippen LogP contribution in [0.5, 0.6) is 0 Å². The molecule has 21 heavy (non-hydrogen) atoms. The van der Waals surface area contributed by atoms with Gasteiger partial charge in [0.2, 0.25) is 0 Å². The molecule has 1 atom stereocenters. The zero-order valence-corrected chi connectivity index (χ0v) is 13.1. The van der Waals surface area contributed by atoms with Gasteiger partial charge in [-0.05, 0) is 49.4 Å². The standard InChI is InChI=1S/C19H22O2/c1-13-10-14(2)17(15(3)11-13)12-18(19(20)21-4)16-8-6-5-7-9-16/h5-11,18H,12H2,1-4H3. The van der Waals surface area contributed by atoms with Gasteiger partial charge in [-0.1, -0.05) is 48.0 Å². The summed E-state index contributed by atoms with van der Waals surface area (Å²) in [4.78, 5) is 12.2.